The quantitative estimate of drug-likeness (QED) is 0.706. The summed E-state index contributed by atoms with van der Waals surface area (Å²) in [7, 11) is 1.33. The van der Waals surface area contributed by atoms with Crippen molar-refractivity contribution in [2.24, 2.45) is 0 Å². The van der Waals surface area contributed by atoms with Gasteiger partial charge in [0.15, 0.2) is 0 Å². The molecule has 0 spiro atoms. The average molecular weight is 374 g/mol. The summed E-state index contributed by atoms with van der Waals surface area (Å²) in [5.41, 5.74) is 3.26. The van der Waals surface area contributed by atoms with E-state index in [2.05, 4.69) is 15.3 Å². The minimum Gasteiger partial charge on any atom is -0.465 e. The number of carbonyl (C=O) groups is 2. The van der Waals surface area contributed by atoms with E-state index in [0.717, 1.165) is 17.7 Å². The van der Waals surface area contributed by atoms with Crippen LogP contribution in [0.4, 0.5) is 17.2 Å². The molecule has 1 aliphatic rings. The number of nitrogens with one attached hydrogen (secondary N) is 1. The number of benzene rings is 2. The number of ether oxygens (including phenoxy) is 1. The van der Waals surface area contributed by atoms with Gasteiger partial charge >= 0.3 is 5.97 Å². The number of nitrogens with zero attached hydrogens (tertiary/aromatic N) is 3. The third-order valence-corrected chi connectivity index (χ3v) is 4.61. The summed E-state index contributed by atoms with van der Waals surface area (Å²) in [6.07, 6.45) is 2.16. The lowest BCUT2D eigenvalue weighted by molar-refractivity contribution is 0.0601. The van der Waals surface area contributed by atoms with Gasteiger partial charge in [0.05, 0.1) is 18.4 Å². The van der Waals surface area contributed by atoms with Crippen molar-refractivity contribution in [3.05, 3.63) is 77.7 Å². The maximum Gasteiger partial charge on any atom is 0.339 e. The molecule has 28 heavy (non-hydrogen) atoms. The molecule has 7 heteroatoms. The highest BCUT2D eigenvalue weighted by atomic mass is 16.5. The number of anilines is 3. The first-order chi connectivity index (χ1) is 13.7. The van der Waals surface area contributed by atoms with Crippen LogP contribution in [0.25, 0.3) is 0 Å². The predicted octanol–water partition coefficient (Wildman–Crippen LogP) is 3.21. The normalized spacial score (nSPS) is 12.4. The fourth-order valence-electron chi connectivity index (χ4n) is 3.25. The standard InChI is InChI=1S/C21H18N4O3/c1-28-21(27)15-7-3-4-8-16(15)24-19-12-17(22-13-23-19)20(26)25-11-10-14-6-2-5-9-18(14)25/h2-9,12-13H,10-11H2,1H3,(H,22,23,24). The number of esters is 1. The molecule has 0 radical (unpaired) electrons. The second-order valence-corrected chi connectivity index (χ2v) is 6.29. The van der Waals surface area contributed by atoms with Crippen LogP contribution >= 0.6 is 0 Å². The molecule has 0 fully saturated rings. The summed E-state index contributed by atoms with van der Waals surface area (Å²) in [4.78, 5) is 34.9. The SMILES string of the molecule is COC(=O)c1ccccc1Nc1cc(C(=O)N2CCc3ccccc32)ncn1. The smallest absolute Gasteiger partial charge is 0.339 e. The fourth-order valence-corrected chi connectivity index (χ4v) is 3.25. The van der Waals surface area contributed by atoms with Crippen molar-refractivity contribution in [3.8, 4) is 0 Å². The third-order valence-electron chi connectivity index (χ3n) is 4.61. The maximum absolute atomic E-state index is 13.0. The number of amides is 1. The maximum atomic E-state index is 13.0. The molecule has 0 atom stereocenters. The Morgan fingerprint density at radius 1 is 1.07 bits per heavy atom. The van der Waals surface area contributed by atoms with Gasteiger partial charge in [-0.3, -0.25) is 4.79 Å². The molecular formula is C21H18N4O3. The van der Waals surface area contributed by atoms with Crippen LogP contribution < -0.4 is 10.2 Å². The molecule has 2 heterocycles. The average Bonchev–Trinajstić information content (AvgIpc) is 3.17. The Labute approximate surface area is 162 Å². The first-order valence-corrected chi connectivity index (χ1v) is 8.83. The van der Waals surface area contributed by atoms with E-state index in [-0.39, 0.29) is 11.6 Å². The highest BCUT2D eigenvalue weighted by Crippen LogP contribution is 2.29. The Kier molecular flexibility index (Phi) is 4.72. The van der Waals surface area contributed by atoms with Gasteiger partial charge in [0.2, 0.25) is 0 Å². The molecule has 1 amide bonds. The molecule has 3 aromatic rings. The highest BCUT2D eigenvalue weighted by molar-refractivity contribution is 6.06. The third kappa shape index (κ3) is 3.29. The van der Waals surface area contributed by atoms with Crippen molar-refractivity contribution in [2.45, 2.75) is 6.42 Å². The Balaban J connectivity index is 1.60. The molecule has 0 bridgehead atoms. The van der Waals surface area contributed by atoms with Crippen LogP contribution in [0.5, 0.6) is 0 Å². The first kappa shape index (κ1) is 17.7. The number of carbonyl (C=O) groups excluding carboxylic acids is 2. The van der Waals surface area contributed by atoms with E-state index in [9.17, 15) is 9.59 Å². The predicted molar refractivity (Wildman–Crippen MR) is 105 cm³/mol. The van der Waals surface area contributed by atoms with Gasteiger partial charge in [-0.15, -0.1) is 0 Å². The van der Waals surface area contributed by atoms with Gasteiger partial charge in [0.1, 0.15) is 17.8 Å². The number of hydrogen-bond acceptors (Lipinski definition) is 6. The number of para-hydroxylation sites is 2. The van der Waals surface area contributed by atoms with Gasteiger partial charge in [0, 0.05) is 18.3 Å². The summed E-state index contributed by atoms with van der Waals surface area (Å²) in [6, 6.07) is 16.4. The van der Waals surface area contributed by atoms with Gasteiger partial charge in [-0.2, -0.15) is 0 Å². The fraction of sp³-hybridized carbons (Fsp3) is 0.143. The lowest BCUT2D eigenvalue weighted by atomic mass is 10.1. The van der Waals surface area contributed by atoms with E-state index in [1.165, 1.54) is 13.4 Å². The van der Waals surface area contributed by atoms with Crippen molar-refractivity contribution < 1.29 is 14.3 Å². The van der Waals surface area contributed by atoms with Crippen LogP contribution in [0.3, 0.4) is 0 Å². The molecule has 0 aliphatic carbocycles. The Bertz CT molecular complexity index is 1050. The topological polar surface area (TPSA) is 84.4 Å². The van der Waals surface area contributed by atoms with Gasteiger partial charge in [-0.1, -0.05) is 30.3 Å². The van der Waals surface area contributed by atoms with Crippen molar-refractivity contribution in [3.63, 3.8) is 0 Å². The van der Waals surface area contributed by atoms with Crippen LogP contribution in [0.2, 0.25) is 0 Å². The lowest BCUT2D eigenvalue weighted by Gasteiger charge is -2.17. The largest absolute Gasteiger partial charge is 0.465 e. The highest BCUT2D eigenvalue weighted by Gasteiger charge is 2.26. The van der Waals surface area contributed by atoms with Gasteiger partial charge in [-0.25, -0.2) is 14.8 Å². The van der Waals surface area contributed by atoms with Gasteiger partial charge in [-0.05, 0) is 30.2 Å². The van der Waals surface area contributed by atoms with Crippen LogP contribution in [0, 0.1) is 0 Å². The lowest BCUT2D eigenvalue weighted by Crippen LogP contribution is -2.29. The van der Waals surface area contributed by atoms with Crippen molar-refractivity contribution >= 4 is 29.1 Å². The number of rotatable bonds is 4. The number of aromatic nitrogens is 2. The minimum atomic E-state index is -0.456. The van der Waals surface area contributed by atoms with Gasteiger partial charge in [0.25, 0.3) is 5.91 Å². The second kappa shape index (κ2) is 7.48. The second-order valence-electron chi connectivity index (χ2n) is 6.29. The molecular weight excluding hydrogens is 356 g/mol. The van der Waals surface area contributed by atoms with Crippen LogP contribution in [-0.2, 0) is 11.2 Å². The molecule has 7 nitrogen and oxygen atoms in total. The molecule has 4 rings (SSSR count). The summed E-state index contributed by atoms with van der Waals surface area (Å²) < 4.78 is 4.80. The van der Waals surface area contributed by atoms with E-state index >= 15 is 0 Å². The molecule has 2 aromatic carbocycles. The van der Waals surface area contributed by atoms with E-state index in [1.54, 1.807) is 35.2 Å². The number of fused-ring (bicyclic) bond motifs is 1. The minimum absolute atomic E-state index is 0.184. The van der Waals surface area contributed by atoms with Crippen molar-refractivity contribution in [1.29, 1.82) is 0 Å². The Morgan fingerprint density at radius 2 is 1.86 bits per heavy atom. The molecule has 140 valence electrons. The molecule has 0 saturated carbocycles. The van der Waals surface area contributed by atoms with Crippen molar-refractivity contribution in [2.75, 3.05) is 23.9 Å². The van der Waals surface area contributed by atoms with E-state index in [4.69, 9.17) is 4.74 Å². The van der Waals surface area contributed by atoms with Crippen LogP contribution in [0.1, 0.15) is 26.4 Å². The van der Waals surface area contributed by atoms with E-state index in [0.29, 0.717) is 23.6 Å². The van der Waals surface area contributed by atoms with Crippen LogP contribution in [0.15, 0.2) is 60.9 Å². The molecule has 1 aromatic heterocycles. The summed E-state index contributed by atoms with van der Waals surface area (Å²) in [5, 5.41) is 3.07. The van der Waals surface area contributed by atoms with Gasteiger partial charge < -0.3 is 15.0 Å². The van der Waals surface area contributed by atoms with E-state index < -0.39 is 5.97 Å². The summed E-state index contributed by atoms with van der Waals surface area (Å²) in [5.74, 6) is -0.221. The molecule has 1 N–H and O–H groups in total. The summed E-state index contributed by atoms with van der Waals surface area (Å²) in [6.45, 7) is 0.621. The molecule has 0 unspecified atom stereocenters. The summed E-state index contributed by atoms with van der Waals surface area (Å²) >= 11 is 0. The first-order valence-electron chi connectivity index (χ1n) is 8.83. The Hall–Kier alpha value is -3.74. The monoisotopic (exact) mass is 374 g/mol. The zero-order valence-electron chi connectivity index (χ0n) is 15.3. The van der Waals surface area contributed by atoms with Crippen molar-refractivity contribution in [1.82, 2.24) is 9.97 Å². The molecule has 1 aliphatic heterocycles. The van der Waals surface area contributed by atoms with E-state index in [1.807, 2.05) is 24.3 Å². The zero-order chi connectivity index (χ0) is 19.5. The number of hydrogen-bond donors (Lipinski definition) is 1. The Morgan fingerprint density at radius 3 is 2.71 bits per heavy atom. The zero-order valence-corrected chi connectivity index (χ0v) is 15.3. The number of methoxy groups -OCH3 is 1. The van der Waals surface area contributed by atoms with Crippen LogP contribution in [-0.4, -0.2) is 35.5 Å². The molecule has 0 saturated heterocycles.